The molecule has 0 unspecified atom stereocenters. The van der Waals surface area contributed by atoms with Crippen LogP contribution in [-0.4, -0.2) is 29.8 Å². The third kappa shape index (κ3) is 4.98. The van der Waals surface area contributed by atoms with Crippen molar-refractivity contribution in [3.63, 3.8) is 0 Å². The molecular weight excluding hydrogens is 379 g/mol. The van der Waals surface area contributed by atoms with Crippen LogP contribution in [0.2, 0.25) is 0 Å². The Hall–Kier alpha value is -2.13. The van der Waals surface area contributed by atoms with Crippen LogP contribution in [0.5, 0.6) is 0 Å². The van der Waals surface area contributed by atoms with Crippen molar-refractivity contribution in [2.75, 3.05) is 5.32 Å². The maximum absolute atomic E-state index is 12.8. The van der Waals surface area contributed by atoms with Crippen molar-refractivity contribution in [1.29, 1.82) is 0 Å². The molecule has 9 heteroatoms. The maximum atomic E-state index is 12.8. The second-order valence-corrected chi connectivity index (χ2v) is 8.45. The molecule has 0 atom stereocenters. The summed E-state index contributed by atoms with van der Waals surface area (Å²) in [6, 6.07) is 7.05. The van der Waals surface area contributed by atoms with Gasteiger partial charge < -0.3 is 5.32 Å². The highest BCUT2D eigenvalue weighted by Crippen LogP contribution is 2.31. The van der Waals surface area contributed by atoms with Crippen LogP contribution in [-0.2, 0) is 16.2 Å². The normalized spacial score (nSPS) is 12.8. The molecule has 0 amide bonds. The molecule has 0 radical (unpaired) electrons. The second kappa shape index (κ2) is 7.85. The van der Waals surface area contributed by atoms with Crippen LogP contribution in [0.25, 0.3) is 0 Å². The first-order valence-electron chi connectivity index (χ1n) is 8.37. The van der Waals surface area contributed by atoms with Gasteiger partial charge in [0.25, 0.3) is 0 Å². The van der Waals surface area contributed by atoms with Crippen molar-refractivity contribution in [2.45, 2.75) is 50.9 Å². The highest BCUT2D eigenvalue weighted by Gasteiger charge is 2.31. The number of anilines is 2. The van der Waals surface area contributed by atoms with E-state index in [2.05, 4.69) is 10.3 Å². The molecule has 0 saturated heterocycles. The van der Waals surface area contributed by atoms with E-state index in [9.17, 15) is 21.6 Å². The lowest BCUT2D eigenvalue weighted by Gasteiger charge is -2.29. The number of nitrogens with one attached hydrogen (secondary N) is 1. The minimum atomic E-state index is -4.44. The van der Waals surface area contributed by atoms with E-state index in [1.165, 1.54) is 34.8 Å². The van der Waals surface area contributed by atoms with Gasteiger partial charge in [-0.1, -0.05) is 6.07 Å². The minimum absolute atomic E-state index is 0.0273. The predicted molar refractivity (Wildman–Crippen MR) is 98.3 cm³/mol. The van der Waals surface area contributed by atoms with Crippen molar-refractivity contribution in [2.24, 2.45) is 0 Å². The Labute approximate surface area is 157 Å². The smallest absolute Gasteiger partial charge is 0.340 e. The molecular formula is C18H22F3N3O2S. The zero-order valence-corrected chi connectivity index (χ0v) is 16.3. The minimum Gasteiger partial charge on any atom is -0.340 e. The van der Waals surface area contributed by atoms with Gasteiger partial charge in [0.2, 0.25) is 10.0 Å². The number of rotatable bonds is 6. The molecule has 0 fully saturated rings. The van der Waals surface area contributed by atoms with Gasteiger partial charge >= 0.3 is 6.18 Å². The van der Waals surface area contributed by atoms with Crippen LogP contribution in [0.1, 0.15) is 33.3 Å². The number of hydrogen-bond acceptors (Lipinski definition) is 4. The van der Waals surface area contributed by atoms with E-state index in [1.54, 1.807) is 27.7 Å². The predicted octanol–water partition coefficient (Wildman–Crippen LogP) is 4.65. The first kappa shape index (κ1) is 21.2. The molecule has 1 heterocycles. The fourth-order valence-corrected chi connectivity index (χ4v) is 4.58. The van der Waals surface area contributed by atoms with Gasteiger partial charge in [-0.15, -0.1) is 0 Å². The molecule has 5 nitrogen and oxygen atoms in total. The van der Waals surface area contributed by atoms with Gasteiger partial charge in [0.1, 0.15) is 10.7 Å². The first-order chi connectivity index (χ1) is 12.4. The van der Waals surface area contributed by atoms with Gasteiger partial charge in [-0.2, -0.15) is 17.5 Å². The summed E-state index contributed by atoms with van der Waals surface area (Å²) < 4.78 is 65.3. The molecule has 0 aliphatic rings. The van der Waals surface area contributed by atoms with E-state index in [-0.39, 0.29) is 28.5 Å². The zero-order valence-electron chi connectivity index (χ0n) is 15.4. The Morgan fingerprint density at radius 1 is 1.04 bits per heavy atom. The molecule has 0 spiro atoms. The summed E-state index contributed by atoms with van der Waals surface area (Å²) in [5.74, 6) is 0.244. The Balaban J connectivity index is 2.25. The number of nitrogens with zero attached hydrogens (tertiary/aromatic N) is 2. The molecule has 1 aromatic heterocycles. The molecule has 0 aliphatic carbocycles. The van der Waals surface area contributed by atoms with Gasteiger partial charge in [0.05, 0.1) is 5.56 Å². The topological polar surface area (TPSA) is 62.3 Å². The molecule has 27 heavy (non-hydrogen) atoms. The summed E-state index contributed by atoms with van der Waals surface area (Å²) in [6.07, 6.45) is -3.25. The molecule has 1 N–H and O–H groups in total. The molecule has 2 aromatic rings. The van der Waals surface area contributed by atoms with Crippen LogP contribution in [0.3, 0.4) is 0 Å². The zero-order chi connectivity index (χ0) is 20.4. The van der Waals surface area contributed by atoms with Crippen molar-refractivity contribution in [3.05, 3.63) is 48.2 Å². The van der Waals surface area contributed by atoms with Crippen molar-refractivity contribution in [3.8, 4) is 0 Å². The van der Waals surface area contributed by atoms with Gasteiger partial charge in [-0.05, 0) is 58.0 Å². The molecule has 0 aliphatic heterocycles. The Kier molecular flexibility index (Phi) is 6.16. The second-order valence-electron chi connectivity index (χ2n) is 6.61. The Morgan fingerprint density at radius 3 is 2.15 bits per heavy atom. The number of pyridine rings is 1. The summed E-state index contributed by atoms with van der Waals surface area (Å²) in [5.41, 5.74) is -0.574. The van der Waals surface area contributed by atoms with Crippen molar-refractivity contribution < 1.29 is 21.6 Å². The fraction of sp³-hybridized carbons (Fsp3) is 0.389. The van der Waals surface area contributed by atoms with Crippen LogP contribution < -0.4 is 5.32 Å². The van der Waals surface area contributed by atoms with E-state index in [1.807, 2.05) is 0 Å². The SMILES string of the molecule is CC(C)N(C(C)C)S(=O)(=O)c1ccc(Nc2cccc(C(F)(F)F)c2)nc1. The maximum Gasteiger partial charge on any atom is 0.416 e. The number of alkyl halides is 3. The molecule has 2 rings (SSSR count). The first-order valence-corrected chi connectivity index (χ1v) is 9.81. The summed E-state index contributed by atoms with van der Waals surface area (Å²) in [5, 5.41) is 2.75. The number of halogens is 3. The number of aromatic nitrogens is 1. The average molecular weight is 401 g/mol. The Morgan fingerprint density at radius 2 is 1.67 bits per heavy atom. The van der Waals surface area contributed by atoms with Gasteiger partial charge in [-0.3, -0.25) is 0 Å². The Bertz CT molecular complexity index is 871. The highest BCUT2D eigenvalue weighted by atomic mass is 32.2. The molecule has 0 bridgehead atoms. The number of benzene rings is 1. The van der Waals surface area contributed by atoms with Crippen molar-refractivity contribution >= 4 is 21.5 Å². The van der Waals surface area contributed by atoms with Crippen LogP contribution >= 0.6 is 0 Å². The van der Waals surface area contributed by atoms with E-state index in [0.29, 0.717) is 0 Å². The lowest BCUT2D eigenvalue weighted by Crippen LogP contribution is -2.41. The quantitative estimate of drug-likeness (QED) is 0.765. The van der Waals surface area contributed by atoms with E-state index < -0.39 is 21.8 Å². The molecule has 1 aromatic carbocycles. The van der Waals surface area contributed by atoms with E-state index in [0.717, 1.165) is 12.1 Å². The summed E-state index contributed by atoms with van der Waals surface area (Å²) in [6.45, 7) is 7.15. The average Bonchev–Trinajstić information content (AvgIpc) is 2.53. The largest absolute Gasteiger partial charge is 0.416 e. The fourth-order valence-electron chi connectivity index (χ4n) is 2.80. The van der Waals surface area contributed by atoms with Gasteiger partial charge in [-0.25, -0.2) is 13.4 Å². The van der Waals surface area contributed by atoms with E-state index >= 15 is 0 Å². The lowest BCUT2D eigenvalue weighted by atomic mass is 10.2. The molecule has 148 valence electrons. The lowest BCUT2D eigenvalue weighted by molar-refractivity contribution is -0.137. The number of sulfonamides is 1. The summed E-state index contributed by atoms with van der Waals surface area (Å²) in [7, 11) is -3.72. The van der Waals surface area contributed by atoms with Crippen LogP contribution in [0.15, 0.2) is 47.5 Å². The summed E-state index contributed by atoms with van der Waals surface area (Å²) >= 11 is 0. The highest BCUT2D eigenvalue weighted by molar-refractivity contribution is 7.89. The monoisotopic (exact) mass is 401 g/mol. The van der Waals surface area contributed by atoms with Crippen molar-refractivity contribution in [1.82, 2.24) is 9.29 Å². The molecule has 0 saturated carbocycles. The van der Waals surface area contributed by atoms with E-state index in [4.69, 9.17) is 0 Å². The number of hydrogen-bond donors (Lipinski definition) is 1. The van der Waals surface area contributed by atoms with Gasteiger partial charge in [0.15, 0.2) is 0 Å². The van der Waals surface area contributed by atoms with Crippen LogP contribution in [0, 0.1) is 0 Å². The van der Waals surface area contributed by atoms with Crippen LogP contribution in [0.4, 0.5) is 24.7 Å². The third-order valence-electron chi connectivity index (χ3n) is 3.79. The standard InChI is InChI=1S/C18H22F3N3O2S/c1-12(2)24(13(3)4)27(25,26)16-8-9-17(22-11-16)23-15-7-5-6-14(10-15)18(19,20)21/h5-13H,1-4H3,(H,22,23). The van der Waals surface area contributed by atoms with Gasteiger partial charge in [0, 0.05) is 24.0 Å². The summed E-state index contributed by atoms with van der Waals surface area (Å²) in [4.78, 5) is 4.06. The third-order valence-corrected chi connectivity index (χ3v) is 6.03.